The highest BCUT2D eigenvalue weighted by Gasteiger charge is 2.22. The quantitative estimate of drug-likeness (QED) is 0.420. The Morgan fingerprint density at radius 3 is 2.60 bits per heavy atom. The average molecular weight is 416 g/mol. The maximum Gasteiger partial charge on any atom is 0.233 e. The summed E-state index contributed by atoms with van der Waals surface area (Å²) in [5, 5.41) is 0.734. The van der Waals surface area contributed by atoms with E-state index in [1.165, 1.54) is 11.1 Å². The van der Waals surface area contributed by atoms with Crippen LogP contribution in [0.5, 0.6) is 0 Å². The zero-order valence-corrected chi connectivity index (χ0v) is 18.6. The van der Waals surface area contributed by atoms with Gasteiger partial charge in [-0.05, 0) is 67.6 Å². The van der Waals surface area contributed by atoms with E-state index in [9.17, 15) is 4.79 Å². The minimum atomic E-state index is 0.0426. The Balaban J connectivity index is 1.73. The first kappa shape index (κ1) is 20.2. The van der Waals surface area contributed by atoms with Crippen molar-refractivity contribution in [2.24, 2.45) is 0 Å². The van der Waals surface area contributed by atoms with Gasteiger partial charge in [-0.2, -0.15) is 0 Å². The summed E-state index contributed by atoms with van der Waals surface area (Å²) in [5.74, 6) is 0.0426. The largest absolute Gasteiger partial charge is 0.283 e. The third-order valence-corrected chi connectivity index (χ3v) is 6.56. The van der Waals surface area contributed by atoms with Gasteiger partial charge in [0.1, 0.15) is 0 Å². The smallest absolute Gasteiger partial charge is 0.233 e. The van der Waals surface area contributed by atoms with Crippen LogP contribution in [-0.4, -0.2) is 15.9 Å². The molecular formula is C25H25N3OS. The van der Waals surface area contributed by atoms with E-state index in [2.05, 4.69) is 63.0 Å². The van der Waals surface area contributed by atoms with Gasteiger partial charge in [-0.15, -0.1) is 0 Å². The molecule has 0 aliphatic heterocycles. The summed E-state index contributed by atoms with van der Waals surface area (Å²) in [5.41, 5.74) is 7.69. The number of rotatable bonds is 5. The van der Waals surface area contributed by atoms with Gasteiger partial charge in [-0.25, -0.2) is 4.98 Å². The molecule has 0 bridgehead atoms. The van der Waals surface area contributed by atoms with Crippen LogP contribution in [-0.2, 0) is 17.8 Å². The van der Waals surface area contributed by atoms with Crippen molar-refractivity contribution in [2.75, 3.05) is 4.90 Å². The Hall–Kier alpha value is -3.05. The van der Waals surface area contributed by atoms with Crippen molar-refractivity contribution < 1.29 is 4.79 Å². The maximum atomic E-state index is 13.5. The molecule has 4 aromatic rings. The van der Waals surface area contributed by atoms with Gasteiger partial charge >= 0.3 is 0 Å². The average Bonchev–Trinajstić information content (AvgIpc) is 3.17. The summed E-state index contributed by atoms with van der Waals surface area (Å²) in [6.45, 7) is 8.74. The van der Waals surface area contributed by atoms with Crippen molar-refractivity contribution in [1.82, 2.24) is 9.97 Å². The van der Waals surface area contributed by atoms with E-state index in [1.54, 1.807) is 28.6 Å². The van der Waals surface area contributed by atoms with Crippen molar-refractivity contribution in [3.05, 3.63) is 88.2 Å². The number of fused-ring (bicyclic) bond motifs is 1. The van der Waals surface area contributed by atoms with Crippen LogP contribution >= 0.6 is 11.3 Å². The van der Waals surface area contributed by atoms with Gasteiger partial charge in [0.2, 0.25) is 5.91 Å². The van der Waals surface area contributed by atoms with Crippen molar-refractivity contribution >= 4 is 32.6 Å². The van der Waals surface area contributed by atoms with E-state index in [1.807, 2.05) is 12.1 Å². The summed E-state index contributed by atoms with van der Waals surface area (Å²) in [4.78, 5) is 24.4. The van der Waals surface area contributed by atoms with E-state index in [0.717, 1.165) is 37.6 Å². The summed E-state index contributed by atoms with van der Waals surface area (Å²) in [7, 11) is 0. The highest BCUT2D eigenvalue weighted by atomic mass is 32.1. The molecular weight excluding hydrogens is 390 g/mol. The van der Waals surface area contributed by atoms with Gasteiger partial charge in [-0.1, -0.05) is 47.2 Å². The van der Waals surface area contributed by atoms with Crippen LogP contribution in [0.4, 0.5) is 5.13 Å². The first-order valence-electron chi connectivity index (χ1n) is 10.0. The standard InChI is InChI=1S/C25H25N3OS/c1-16-7-8-18(3)21(12-16)13-23(29)28(15-20-6-5-11-26-14-20)25-27-24-19(4)17(2)9-10-22(24)30-25/h5-12,14H,13,15H2,1-4H3. The number of thiazole rings is 1. The molecule has 0 spiro atoms. The second-order valence-corrected chi connectivity index (χ2v) is 8.81. The molecule has 2 aromatic carbocycles. The molecule has 0 N–H and O–H groups in total. The molecule has 0 unspecified atom stereocenters. The number of amides is 1. The minimum Gasteiger partial charge on any atom is -0.283 e. The first-order chi connectivity index (χ1) is 14.4. The van der Waals surface area contributed by atoms with Gasteiger partial charge in [0.15, 0.2) is 5.13 Å². The van der Waals surface area contributed by atoms with Gasteiger partial charge in [-0.3, -0.25) is 14.7 Å². The van der Waals surface area contributed by atoms with E-state index in [4.69, 9.17) is 4.98 Å². The first-order valence-corrected chi connectivity index (χ1v) is 10.9. The van der Waals surface area contributed by atoms with E-state index in [0.29, 0.717) is 13.0 Å². The van der Waals surface area contributed by atoms with E-state index in [-0.39, 0.29) is 5.91 Å². The summed E-state index contributed by atoms with van der Waals surface area (Å²) in [6.07, 6.45) is 3.90. The number of pyridine rings is 1. The molecule has 4 nitrogen and oxygen atoms in total. The Labute approximate surface area is 181 Å². The van der Waals surface area contributed by atoms with Crippen molar-refractivity contribution in [1.29, 1.82) is 0 Å². The lowest BCUT2D eigenvalue weighted by atomic mass is 10.0. The normalized spacial score (nSPS) is 11.1. The van der Waals surface area contributed by atoms with Crippen LogP contribution in [0.1, 0.15) is 33.4 Å². The molecule has 0 saturated carbocycles. The van der Waals surface area contributed by atoms with Crippen molar-refractivity contribution in [2.45, 2.75) is 40.7 Å². The number of nitrogens with zero attached hydrogens (tertiary/aromatic N) is 3. The predicted molar refractivity (Wildman–Crippen MR) is 124 cm³/mol. The van der Waals surface area contributed by atoms with Gasteiger partial charge in [0.25, 0.3) is 0 Å². The van der Waals surface area contributed by atoms with E-state index >= 15 is 0 Å². The Morgan fingerprint density at radius 1 is 1.03 bits per heavy atom. The molecule has 2 heterocycles. The number of aromatic nitrogens is 2. The molecule has 0 radical (unpaired) electrons. The third-order valence-electron chi connectivity index (χ3n) is 5.52. The fourth-order valence-corrected chi connectivity index (χ4v) is 4.56. The molecule has 5 heteroatoms. The molecule has 30 heavy (non-hydrogen) atoms. The second kappa shape index (κ2) is 8.36. The number of benzene rings is 2. The van der Waals surface area contributed by atoms with Gasteiger partial charge in [0, 0.05) is 12.4 Å². The minimum absolute atomic E-state index is 0.0426. The Kier molecular flexibility index (Phi) is 5.64. The van der Waals surface area contributed by atoms with Gasteiger partial charge < -0.3 is 0 Å². The molecule has 1 amide bonds. The maximum absolute atomic E-state index is 13.5. The summed E-state index contributed by atoms with van der Waals surface area (Å²) >= 11 is 1.57. The van der Waals surface area contributed by atoms with Crippen LogP contribution in [0, 0.1) is 27.7 Å². The topological polar surface area (TPSA) is 46.1 Å². The fraction of sp³-hybridized carbons (Fsp3) is 0.240. The number of carbonyl (C=O) groups is 1. The number of hydrogen-bond acceptors (Lipinski definition) is 4. The highest BCUT2D eigenvalue weighted by Crippen LogP contribution is 2.33. The predicted octanol–water partition coefficient (Wildman–Crippen LogP) is 5.70. The lowest BCUT2D eigenvalue weighted by molar-refractivity contribution is -0.118. The monoisotopic (exact) mass is 415 g/mol. The highest BCUT2D eigenvalue weighted by molar-refractivity contribution is 7.22. The zero-order valence-electron chi connectivity index (χ0n) is 17.8. The molecule has 2 aromatic heterocycles. The SMILES string of the molecule is Cc1ccc(C)c(CC(=O)N(Cc2cccnc2)c2nc3c(C)c(C)ccc3s2)c1. The summed E-state index contributed by atoms with van der Waals surface area (Å²) in [6, 6.07) is 14.4. The second-order valence-electron chi connectivity index (χ2n) is 7.80. The van der Waals surface area contributed by atoms with Crippen molar-refractivity contribution in [3.8, 4) is 0 Å². The molecule has 0 saturated heterocycles. The summed E-state index contributed by atoms with van der Waals surface area (Å²) < 4.78 is 1.10. The molecule has 0 aliphatic rings. The fourth-order valence-electron chi connectivity index (χ4n) is 3.52. The Bertz CT molecular complexity index is 1210. The zero-order chi connectivity index (χ0) is 21.3. The van der Waals surface area contributed by atoms with Crippen LogP contribution in [0.25, 0.3) is 10.2 Å². The van der Waals surface area contributed by atoms with E-state index < -0.39 is 0 Å². The molecule has 0 atom stereocenters. The van der Waals surface area contributed by atoms with Crippen LogP contribution in [0.2, 0.25) is 0 Å². The number of carbonyl (C=O) groups excluding carboxylic acids is 1. The third kappa shape index (κ3) is 4.12. The number of aryl methyl sites for hydroxylation is 4. The molecule has 152 valence electrons. The molecule has 4 rings (SSSR count). The Morgan fingerprint density at radius 2 is 1.83 bits per heavy atom. The molecule has 0 fully saturated rings. The number of hydrogen-bond donors (Lipinski definition) is 0. The van der Waals surface area contributed by atoms with Crippen LogP contribution < -0.4 is 4.90 Å². The number of anilines is 1. The van der Waals surface area contributed by atoms with Crippen LogP contribution in [0.15, 0.2) is 54.9 Å². The lowest BCUT2D eigenvalue weighted by Crippen LogP contribution is -2.32. The lowest BCUT2D eigenvalue weighted by Gasteiger charge is -2.20. The van der Waals surface area contributed by atoms with Gasteiger partial charge in [0.05, 0.1) is 23.2 Å². The van der Waals surface area contributed by atoms with Crippen molar-refractivity contribution in [3.63, 3.8) is 0 Å². The molecule has 0 aliphatic carbocycles. The van der Waals surface area contributed by atoms with Crippen LogP contribution in [0.3, 0.4) is 0 Å².